The third kappa shape index (κ3) is 3.66. The molecule has 6 nitrogen and oxygen atoms in total. The molecule has 5 rings (SSSR count). The maximum absolute atomic E-state index is 9.67. The molecule has 1 fully saturated rings. The van der Waals surface area contributed by atoms with Gasteiger partial charge in [0.05, 0.1) is 18.7 Å². The summed E-state index contributed by atoms with van der Waals surface area (Å²) in [4.78, 5) is 7.16. The Kier molecular flexibility index (Phi) is 5.40. The van der Waals surface area contributed by atoms with Crippen LogP contribution in [0.4, 0.5) is 5.82 Å². The van der Waals surface area contributed by atoms with Gasteiger partial charge in [0.2, 0.25) is 0 Å². The molecule has 6 heteroatoms. The molecule has 2 aliphatic rings. The highest BCUT2D eigenvalue weighted by molar-refractivity contribution is 5.94. The molecule has 0 bridgehead atoms. The standard InChI is InChI=1S/C26H30N4O2/c1-18-19(2)30(11-6-10-26(3)31-13-14-32-26)24-23(18)15-22(16-27)28-25(24)29-12-9-20-7-4-5-8-21(20)17-29/h4-5,7-8,15H,6,9-14,17H2,1-3H3. The second kappa shape index (κ2) is 8.23. The van der Waals surface area contributed by atoms with Crippen molar-refractivity contribution in [3.8, 4) is 6.07 Å². The first-order valence-corrected chi connectivity index (χ1v) is 11.5. The Hall–Kier alpha value is -2.88. The van der Waals surface area contributed by atoms with Crippen molar-refractivity contribution in [2.45, 2.75) is 58.9 Å². The van der Waals surface area contributed by atoms with Gasteiger partial charge in [0.15, 0.2) is 11.6 Å². The van der Waals surface area contributed by atoms with Crippen LogP contribution in [-0.2, 0) is 29.0 Å². The van der Waals surface area contributed by atoms with Crippen molar-refractivity contribution in [2.24, 2.45) is 0 Å². The van der Waals surface area contributed by atoms with Crippen LogP contribution in [0.3, 0.4) is 0 Å². The van der Waals surface area contributed by atoms with Gasteiger partial charge >= 0.3 is 0 Å². The van der Waals surface area contributed by atoms with Crippen LogP contribution in [-0.4, -0.2) is 35.1 Å². The Balaban J connectivity index is 1.53. The average molecular weight is 431 g/mol. The van der Waals surface area contributed by atoms with E-state index in [1.54, 1.807) is 0 Å². The molecule has 1 saturated heterocycles. The van der Waals surface area contributed by atoms with E-state index in [-0.39, 0.29) is 0 Å². The highest BCUT2D eigenvalue weighted by Gasteiger charge is 2.30. The maximum Gasteiger partial charge on any atom is 0.165 e. The third-order valence-corrected chi connectivity index (χ3v) is 7.05. The minimum Gasteiger partial charge on any atom is -0.350 e. The Morgan fingerprint density at radius 3 is 2.66 bits per heavy atom. The summed E-state index contributed by atoms with van der Waals surface area (Å²) in [6.07, 6.45) is 2.78. The van der Waals surface area contributed by atoms with Crippen LogP contribution in [0.2, 0.25) is 0 Å². The summed E-state index contributed by atoms with van der Waals surface area (Å²) in [6.45, 7) is 10.3. The van der Waals surface area contributed by atoms with Gasteiger partial charge in [0, 0.05) is 37.1 Å². The van der Waals surface area contributed by atoms with Gasteiger partial charge in [-0.2, -0.15) is 5.26 Å². The lowest BCUT2D eigenvalue weighted by molar-refractivity contribution is -0.147. The SMILES string of the molecule is Cc1c(C)n(CCCC2(C)OCCO2)c2c(N3CCc4ccccc4C3)nc(C#N)cc12. The summed E-state index contributed by atoms with van der Waals surface area (Å²) in [5, 5.41) is 10.8. The highest BCUT2D eigenvalue weighted by Crippen LogP contribution is 2.35. The number of benzene rings is 1. The van der Waals surface area contributed by atoms with Crippen molar-refractivity contribution in [3.05, 3.63) is 58.4 Å². The fourth-order valence-electron chi connectivity index (χ4n) is 5.14. The molecule has 32 heavy (non-hydrogen) atoms. The molecule has 2 aromatic heterocycles. The number of aryl methyl sites for hydroxylation is 2. The predicted molar refractivity (Wildman–Crippen MR) is 125 cm³/mol. The van der Waals surface area contributed by atoms with E-state index in [1.165, 1.54) is 22.4 Å². The number of hydrogen-bond acceptors (Lipinski definition) is 5. The van der Waals surface area contributed by atoms with Crippen LogP contribution in [0.5, 0.6) is 0 Å². The van der Waals surface area contributed by atoms with Crippen molar-refractivity contribution < 1.29 is 9.47 Å². The van der Waals surface area contributed by atoms with Gasteiger partial charge in [-0.15, -0.1) is 0 Å². The number of aromatic nitrogens is 2. The van der Waals surface area contributed by atoms with E-state index in [4.69, 9.17) is 14.5 Å². The molecular weight excluding hydrogens is 400 g/mol. The first-order valence-electron chi connectivity index (χ1n) is 11.5. The smallest absolute Gasteiger partial charge is 0.165 e. The molecule has 0 saturated carbocycles. The normalized spacial score (nSPS) is 17.5. The Morgan fingerprint density at radius 1 is 1.16 bits per heavy atom. The number of ether oxygens (including phenoxy) is 2. The second-order valence-electron chi connectivity index (χ2n) is 9.08. The van der Waals surface area contributed by atoms with E-state index in [2.05, 4.69) is 53.6 Å². The maximum atomic E-state index is 9.67. The Labute approximate surface area is 189 Å². The van der Waals surface area contributed by atoms with E-state index in [9.17, 15) is 5.26 Å². The Morgan fingerprint density at radius 2 is 1.91 bits per heavy atom. The van der Waals surface area contributed by atoms with Crippen LogP contribution >= 0.6 is 0 Å². The van der Waals surface area contributed by atoms with Gasteiger partial charge < -0.3 is 18.9 Å². The van der Waals surface area contributed by atoms with Crippen molar-refractivity contribution in [3.63, 3.8) is 0 Å². The molecule has 0 N–H and O–H groups in total. The molecule has 4 heterocycles. The van der Waals surface area contributed by atoms with Crippen molar-refractivity contribution in [2.75, 3.05) is 24.7 Å². The number of nitriles is 1. The van der Waals surface area contributed by atoms with Gasteiger partial charge in [-0.1, -0.05) is 24.3 Å². The largest absolute Gasteiger partial charge is 0.350 e. The third-order valence-electron chi connectivity index (χ3n) is 7.05. The number of fused-ring (bicyclic) bond motifs is 2. The number of pyridine rings is 1. The predicted octanol–water partition coefficient (Wildman–Crippen LogP) is 4.63. The lowest BCUT2D eigenvalue weighted by Gasteiger charge is -2.31. The molecule has 1 aromatic carbocycles. The molecule has 3 aromatic rings. The molecule has 0 amide bonds. The molecule has 166 valence electrons. The van der Waals surface area contributed by atoms with Crippen molar-refractivity contribution in [1.82, 2.24) is 9.55 Å². The first-order chi connectivity index (χ1) is 15.5. The van der Waals surface area contributed by atoms with Crippen LogP contribution < -0.4 is 4.90 Å². The lowest BCUT2D eigenvalue weighted by Crippen LogP contribution is -2.31. The monoisotopic (exact) mass is 430 g/mol. The van der Waals surface area contributed by atoms with Crippen LogP contribution in [0, 0.1) is 25.2 Å². The minimum absolute atomic E-state index is 0.475. The fraction of sp³-hybridized carbons (Fsp3) is 0.462. The fourth-order valence-corrected chi connectivity index (χ4v) is 5.14. The summed E-state index contributed by atoms with van der Waals surface area (Å²) >= 11 is 0. The molecule has 0 radical (unpaired) electrons. The van der Waals surface area contributed by atoms with E-state index in [1.807, 2.05) is 13.0 Å². The van der Waals surface area contributed by atoms with Crippen LogP contribution in [0.25, 0.3) is 10.9 Å². The summed E-state index contributed by atoms with van der Waals surface area (Å²) in [6, 6.07) is 12.8. The summed E-state index contributed by atoms with van der Waals surface area (Å²) < 4.78 is 14.0. The van der Waals surface area contributed by atoms with E-state index >= 15 is 0 Å². The van der Waals surface area contributed by atoms with Gasteiger partial charge in [0.25, 0.3) is 0 Å². The summed E-state index contributed by atoms with van der Waals surface area (Å²) in [7, 11) is 0. The topological polar surface area (TPSA) is 63.3 Å². The van der Waals surface area contributed by atoms with Crippen molar-refractivity contribution >= 4 is 16.7 Å². The number of hydrogen-bond donors (Lipinski definition) is 0. The zero-order valence-corrected chi connectivity index (χ0v) is 19.1. The molecule has 2 aliphatic heterocycles. The van der Waals surface area contributed by atoms with Crippen LogP contribution in [0.1, 0.15) is 47.8 Å². The van der Waals surface area contributed by atoms with E-state index in [0.717, 1.165) is 55.6 Å². The molecule has 0 unspecified atom stereocenters. The van der Waals surface area contributed by atoms with E-state index < -0.39 is 5.79 Å². The van der Waals surface area contributed by atoms with Gasteiger partial charge in [-0.3, -0.25) is 0 Å². The Bertz CT molecular complexity index is 1200. The summed E-state index contributed by atoms with van der Waals surface area (Å²) in [5.41, 5.74) is 6.81. The number of anilines is 1. The van der Waals surface area contributed by atoms with Gasteiger partial charge in [-0.25, -0.2) is 4.98 Å². The summed E-state index contributed by atoms with van der Waals surface area (Å²) in [5.74, 6) is 0.446. The second-order valence-corrected chi connectivity index (χ2v) is 9.08. The number of nitrogens with zero attached hydrogens (tertiary/aromatic N) is 4. The highest BCUT2D eigenvalue weighted by atomic mass is 16.7. The zero-order valence-electron chi connectivity index (χ0n) is 19.1. The quantitative estimate of drug-likeness (QED) is 0.591. The average Bonchev–Trinajstić information content (AvgIpc) is 3.35. The molecular formula is C26H30N4O2. The van der Waals surface area contributed by atoms with Gasteiger partial charge in [0.1, 0.15) is 11.8 Å². The molecule has 0 aliphatic carbocycles. The lowest BCUT2D eigenvalue weighted by atomic mass is 10.00. The van der Waals surface area contributed by atoms with Crippen LogP contribution in [0.15, 0.2) is 30.3 Å². The minimum atomic E-state index is -0.475. The molecule has 0 spiro atoms. The number of rotatable bonds is 5. The van der Waals surface area contributed by atoms with Gasteiger partial charge in [-0.05, 0) is 56.4 Å². The van der Waals surface area contributed by atoms with E-state index in [0.29, 0.717) is 18.9 Å². The van der Waals surface area contributed by atoms with Crippen molar-refractivity contribution in [1.29, 1.82) is 5.26 Å². The molecule has 0 atom stereocenters. The first kappa shape index (κ1) is 21.0. The zero-order chi connectivity index (χ0) is 22.3.